The molecule has 4 aliphatic rings. The number of piperidine rings is 1. The molecular weight excluding hydrogens is 867 g/mol. The molecule has 3 saturated heterocycles. The van der Waals surface area contributed by atoms with Crippen LogP contribution in [0.15, 0.2) is 60.2 Å². The van der Waals surface area contributed by atoms with E-state index in [4.69, 9.17) is 0 Å². The number of β-amino-alcohol motifs (C(OH)–C–C–N with tert-alkyl or cyclic N) is 1. The smallest absolute Gasteiger partial charge is 0.266 e. The zero-order valence-corrected chi connectivity index (χ0v) is 38.6. The number of hydrogen-bond donors (Lipinski definition) is 4. The summed E-state index contributed by atoms with van der Waals surface area (Å²) in [6.45, 7) is 9.82. The van der Waals surface area contributed by atoms with E-state index in [9.17, 15) is 38.3 Å². The number of amides is 4. The first-order chi connectivity index (χ1) is 31.4. The summed E-state index contributed by atoms with van der Waals surface area (Å²) in [5.41, 5.74) is 5.18. The number of carbonyl (C=O) groups is 4. The van der Waals surface area contributed by atoms with Crippen LogP contribution in [0, 0.1) is 35.5 Å². The average molecular weight is 923 g/mol. The Bertz CT molecular complexity index is 2520. The molecule has 348 valence electrons. The summed E-state index contributed by atoms with van der Waals surface area (Å²) in [5, 5.41) is 29.2. The molecule has 15 nitrogen and oxygen atoms in total. The lowest BCUT2D eigenvalue weighted by Crippen LogP contribution is -2.58. The summed E-state index contributed by atoms with van der Waals surface area (Å²) in [5.74, 6) is -4.18. The SMILES string of the molecule is Cc1ncsc1-c1ccc([C@H](C)NC(=O)[C@@H]2C[C@@H](O)CN2C(=O)[C@@H](NC(=O)[C@H]2C[C@@H]2C(=O)N2CCC(c3cc(Nc4cc(C#N)ccn4)nc(N4CCC(F)(F)C4)c3)CC2)C(C)(C)C)cc1. The Hall–Kier alpha value is -6.06. The van der Waals surface area contributed by atoms with Crippen LogP contribution >= 0.6 is 11.3 Å². The zero-order valence-electron chi connectivity index (χ0n) is 37.8. The molecule has 3 aromatic heterocycles. The van der Waals surface area contributed by atoms with Gasteiger partial charge in [-0.1, -0.05) is 45.0 Å². The second-order valence-corrected chi connectivity index (χ2v) is 20.1. The van der Waals surface area contributed by atoms with Crippen LogP contribution in [0.2, 0.25) is 0 Å². The number of thiazole rings is 1. The van der Waals surface area contributed by atoms with Crippen molar-refractivity contribution >= 4 is 52.4 Å². The number of likely N-dealkylation sites (tertiary alicyclic amines) is 2. The number of aliphatic hydroxyl groups excluding tert-OH is 1. The predicted octanol–water partition coefficient (Wildman–Crippen LogP) is 6.08. The number of carbonyl (C=O) groups excluding carboxylic acids is 4. The van der Waals surface area contributed by atoms with Crippen molar-refractivity contribution in [1.82, 2.24) is 35.4 Å². The van der Waals surface area contributed by atoms with Crippen molar-refractivity contribution < 1.29 is 33.1 Å². The number of halogens is 2. The molecule has 8 rings (SSSR count). The van der Waals surface area contributed by atoms with Crippen molar-refractivity contribution in [3.63, 3.8) is 0 Å². The van der Waals surface area contributed by atoms with E-state index in [2.05, 4.69) is 37.0 Å². The van der Waals surface area contributed by atoms with Crippen LogP contribution in [0.3, 0.4) is 0 Å². The molecule has 4 amide bonds. The van der Waals surface area contributed by atoms with Crippen molar-refractivity contribution in [3.05, 3.63) is 82.6 Å². The summed E-state index contributed by atoms with van der Waals surface area (Å²) in [6.07, 6.45) is 1.92. The molecule has 0 spiro atoms. The highest BCUT2D eigenvalue weighted by molar-refractivity contribution is 7.13. The molecule has 6 heterocycles. The number of aliphatic hydroxyl groups is 1. The predicted molar refractivity (Wildman–Crippen MR) is 245 cm³/mol. The minimum absolute atomic E-state index is 0.00150. The maximum absolute atomic E-state index is 14.3. The van der Waals surface area contributed by atoms with Crippen molar-refractivity contribution in [2.24, 2.45) is 17.3 Å². The lowest BCUT2D eigenvalue weighted by atomic mass is 9.85. The van der Waals surface area contributed by atoms with Crippen LogP contribution < -0.4 is 20.9 Å². The lowest BCUT2D eigenvalue weighted by Gasteiger charge is -2.35. The highest BCUT2D eigenvalue weighted by Crippen LogP contribution is 2.43. The fourth-order valence-corrected chi connectivity index (χ4v) is 10.1. The number of nitrogens with one attached hydrogen (secondary N) is 3. The van der Waals surface area contributed by atoms with Gasteiger partial charge in [0.2, 0.25) is 23.6 Å². The molecule has 4 fully saturated rings. The maximum atomic E-state index is 14.3. The minimum Gasteiger partial charge on any atom is -0.391 e. The van der Waals surface area contributed by atoms with E-state index in [1.165, 1.54) is 11.1 Å². The number of nitriles is 1. The van der Waals surface area contributed by atoms with E-state index in [1.807, 2.05) is 71.0 Å². The van der Waals surface area contributed by atoms with Crippen LogP contribution in [0.4, 0.5) is 26.2 Å². The van der Waals surface area contributed by atoms with Gasteiger partial charge in [-0.15, -0.1) is 11.3 Å². The number of alkyl halides is 2. The zero-order chi connectivity index (χ0) is 47.1. The first-order valence-electron chi connectivity index (χ1n) is 22.5. The molecule has 18 heteroatoms. The lowest BCUT2D eigenvalue weighted by molar-refractivity contribution is -0.144. The molecule has 66 heavy (non-hydrogen) atoms. The molecule has 0 bridgehead atoms. The normalized spacial score (nSPS) is 22.6. The Morgan fingerprint density at radius 2 is 1.70 bits per heavy atom. The van der Waals surface area contributed by atoms with Crippen LogP contribution in [0.1, 0.15) is 94.1 Å². The van der Waals surface area contributed by atoms with Gasteiger partial charge in [0, 0.05) is 45.2 Å². The number of nitrogens with zero attached hydrogens (tertiary/aromatic N) is 7. The summed E-state index contributed by atoms with van der Waals surface area (Å²) < 4.78 is 28.6. The maximum Gasteiger partial charge on any atom is 0.266 e. The van der Waals surface area contributed by atoms with Gasteiger partial charge in [-0.2, -0.15) is 5.26 Å². The Morgan fingerprint density at radius 1 is 0.955 bits per heavy atom. The van der Waals surface area contributed by atoms with E-state index >= 15 is 0 Å². The molecule has 3 aliphatic heterocycles. The number of pyridine rings is 2. The summed E-state index contributed by atoms with van der Waals surface area (Å²) in [6, 6.07) is 14.5. The quantitative estimate of drug-likeness (QED) is 0.129. The Labute approximate surface area is 387 Å². The van der Waals surface area contributed by atoms with E-state index in [0.29, 0.717) is 55.4 Å². The second-order valence-electron chi connectivity index (χ2n) is 19.2. The van der Waals surface area contributed by atoms with E-state index in [-0.39, 0.29) is 43.8 Å². The number of anilines is 3. The van der Waals surface area contributed by atoms with E-state index in [1.54, 1.807) is 38.8 Å². The van der Waals surface area contributed by atoms with Gasteiger partial charge in [-0.3, -0.25) is 19.2 Å². The number of aromatic nitrogens is 3. The molecule has 0 unspecified atom stereocenters. The molecule has 4 N–H and O–H groups in total. The fraction of sp³-hybridized carbons (Fsp3) is 0.500. The van der Waals surface area contributed by atoms with Gasteiger partial charge < -0.3 is 35.8 Å². The third kappa shape index (κ3) is 10.3. The van der Waals surface area contributed by atoms with Crippen LogP contribution in [0.25, 0.3) is 10.4 Å². The Morgan fingerprint density at radius 3 is 2.35 bits per heavy atom. The standard InChI is InChI=1S/C48H56F2N10O5S/c1-27(30-6-8-32(9-7-30)41-28(2)53-26-66-41)54-44(63)37-21-34(61)24-60(37)46(65)42(47(3,4)5)57-43(62)35-22-36(35)45(64)58-15-11-31(12-16-58)33-19-39(55-38-18-29(23-51)10-14-52-38)56-40(20-33)59-17-13-48(49,50)25-59/h6-10,14,18-20,26-27,31,34-37,42,61H,11-13,15-17,21-22,24-25H2,1-5H3,(H,54,63)(H,57,62)(H,52,55,56)/t27-,34+,35-,36-,37-,42+/m0/s1. The average Bonchev–Trinajstić information content (AvgIpc) is 3.59. The third-order valence-corrected chi connectivity index (χ3v) is 14.2. The van der Waals surface area contributed by atoms with E-state index < -0.39 is 65.6 Å². The van der Waals surface area contributed by atoms with Crippen molar-refractivity contribution in [2.75, 3.05) is 42.9 Å². The van der Waals surface area contributed by atoms with Gasteiger partial charge in [-0.25, -0.2) is 23.7 Å². The van der Waals surface area contributed by atoms with Gasteiger partial charge in [0.05, 0.1) is 58.2 Å². The number of aryl methyl sites for hydroxylation is 1. The number of hydrogen-bond acceptors (Lipinski definition) is 12. The van der Waals surface area contributed by atoms with Gasteiger partial charge >= 0.3 is 0 Å². The first kappa shape index (κ1) is 46.5. The van der Waals surface area contributed by atoms with Crippen LogP contribution in [-0.4, -0.2) is 110 Å². The molecule has 1 aromatic carbocycles. The first-order valence-corrected chi connectivity index (χ1v) is 23.4. The van der Waals surface area contributed by atoms with Crippen LogP contribution in [-0.2, 0) is 19.2 Å². The van der Waals surface area contributed by atoms with Crippen molar-refractivity contribution in [3.8, 4) is 16.5 Å². The molecule has 1 aliphatic carbocycles. The minimum atomic E-state index is -2.82. The third-order valence-electron chi connectivity index (χ3n) is 13.2. The van der Waals surface area contributed by atoms with Crippen molar-refractivity contribution in [2.45, 2.75) is 103 Å². The van der Waals surface area contributed by atoms with Crippen LogP contribution in [0.5, 0.6) is 0 Å². The van der Waals surface area contributed by atoms with Gasteiger partial charge in [0.25, 0.3) is 5.92 Å². The molecular formula is C48H56F2N10O5S. The summed E-state index contributed by atoms with van der Waals surface area (Å²) in [4.78, 5) is 74.8. The monoisotopic (exact) mass is 922 g/mol. The van der Waals surface area contributed by atoms with Gasteiger partial charge in [0.1, 0.15) is 29.5 Å². The molecule has 1 saturated carbocycles. The molecule has 6 atom stereocenters. The fourth-order valence-electron chi connectivity index (χ4n) is 9.32. The molecule has 0 radical (unpaired) electrons. The van der Waals surface area contributed by atoms with Gasteiger partial charge in [-0.05, 0) is 85.4 Å². The van der Waals surface area contributed by atoms with E-state index in [0.717, 1.165) is 27.3 Å². The van der Waals surface area contributed by atoms with Crippen molar-refractivity contribution in [1.29, 1.82) is 5.26 Å². The topological polar surface area (TPSA) is 197 Å². The highest BCUT2D eigenvalue weighted by Gasteiger charge is 2.52. The summed E-state index contributed by atoms with van der Waals surface area (Å²) >= 11 is 1.56. The van der Waals surface area contributed by atoms with Gasteiger partial charge in [0.15, 0.2) is 0 Å². The number of benzene rings is 1. The molecule has 4 aromatic rings. The number of rotatable bonds is 12. The Balaban J connectivity index is 0.875. The highest BCUT2D eigenvalue weighted by atomic mass is 32.1. The Kier molecular flexibility index (Phi) is 13.1. The second kappa shape index (κ2) is 18.7. The summed E-state index contributed by atoms with van der Waals surface area (Å²) in [7, 11) is 0. The largest absolute Gasteiger partial charge is 0.391 e.